The summed E-state index contributed by atoms with van der Waals surface area (Å²) in [7, 11) is 0. The summed E-state index contributed by atoms with van der Waals surface area (Å²) in [6.07, 6.45) is 8.34. The molecule has 1 fully saturated rings. The highest BCUT2D eigenvalue weighted by Gasteiger charge is 2.18. The third-order valence-electron chi connectivity index (χ3n) is 3.56. The minimum absolute atomic E-state index is 0.202. The molecule has 1 unspecified atom stereocenters. The van der Waals surface area contributed by atoms with Crippen molar-refractivity contribution >= 4 is 11.1 Å². The van der Waals surface area contributed by atoms with Gasteiger partial charge in [0, 0.05) is 5.69 Å². The summed E-state index contributed by atoms with van der Waals surface area (Å²) < 4.78 is 20.0. The Bertz CT molecular complexity index is 397. The summed E-state index contributed by atoms with van der Waals surface area (Å²) in [5, 5.41) is 0.202. The Kier molecular flexibility index (Phi) is 4.34. The quantitative estimate of drug-likeness (QED) is 0.814. The molecule has 0 radical (unpaired) electrons. The first-order chi connectivity index (χ1) is 8.20. The molecule has 17 heavy (non-hydrogen) atoms. The van der Waals surface area contributed by atoms with Gasteiger partial charge in [0.15, 0.2) is 0 Å². The molecule has 5 heteroatoms. The number of H-pyrrole nitrogens is 1. The molecule has 0 bridgehead atoms. The molecule has 0 saturated heterocycles. The van der Waals surface area contributed by atoms with E-state index in [-0.39, 0.29) is 5.16 Å². The van der Waals surface area contributed by atoms with Crippen molar-refractivity contribution in [2.75, 3.05) is 0 Å². The van der Waals surface area contributed by atoms with E-state index >= 15 is 0 Å². The van der Waals surface area contributed by atoms with Crippen molar-refractivity contribution in [1.29, 1.82) is 0 Å². The minimum Gasteiger partial charge on any atom is -0.333 e. The zero-order chi connectivity index (χ0) is 12.3. The monoisotopic (exact) mass is 256 g/mol. The number of nitrogens with one attached hydrogen (secondary N) is 1. The second kappa shape index (κ2) is 5.78. The van der Waals surface area contributed by atoms with Gasteiger partial charge in [0.05, 0.1) is 5.69 Å². The van der Waals surface area contributed by atoms with Crippen LogP contribution in [-0.2, 0) is 23.9 Å². The van der Waals surface area contributed by atoms with Crippen molar-refractivity contribution in [3.8, 4) is 0 Å². The van der Waals surface area contributed by atoms with E-state index in [0.29, 0.717) is 0 Å². The first-order valence-corrected chi connectivity index (χ1v) is 7.50. The van der Waals surface area contributed by atoms with Gasteiger partial charge in [-0.3, -0.25) is 4.55 Å². The second-order valence-corrected chi connectivity index (χ2v) is 5.66. The Hall–Kier alpha value is -0.680. The highest BCUT2D eigenvalue weighted by molar-refractivity contribution is 7.79. The predicted molar refractivity (Wildman–Crippen MR) is 67.3 cm³/mol. The lowest BCUT2D eigenvalue weighted by atomic mass is 9.86. The van der Waals surface area contributed by atoms with E-state index in [2.05, 4.69) is 9.97 Å². The van der Waals surface area contributed by atoms with Crippen LogP contribution in [0.2, 0.25) is 0 Å². The molecular weight excluding hydrogens is 236 g/mol. The van der Waals surface area contributed by atoms with Crippen LogP contribution in [0.5, 0.6) is 0 Å². The lowest BCUT2D eigenvalue weighted by Crippen LogP contribution is -2.10. The van der Waals surface area contributed by atoms with Crippen LogP contribution in [0.15, 0.2) is 5.16 Å². The number of aryl methyl sites for hydroxylation is 1. The Balaban J connectivity index is 2.10. The number of aromatic nitrogens is 2. The SMILES string of the molecule is CCc1nc(S(=O)O)[nH]c1CC1CCCCC1. The molecule has 1 aliphatic rings. The number of imidazole rings is 1. The fourth-order valence-corrected chi connectivity index (χ4v) is 3.04. The number of nitrogens with zero attached hydrogens (tertiary/aromatic N) is 1. The van der Waals surface area contributed by atoms with Crippen LogP contribution in [0.4, 0.5) is 0 Å². The molecule has 4 nitrogen and oxygen atoms in total. The van der Waals surface area contributed by atoms with Crippen LogP contribution in [-0.4, -0.2) is 18.7 Å². The molecule has 0 aliphatic heterocycles. The fraction of sp³-hybridized carbons (Fsp3) is 0.750. The highest BCUT2D eigenvalue weighted by Crippen LogP contribution is 2.27. The van der Waals surface area contributed by atoms with Crippen molar-refractivity contribution in [2.24, 2.45) is 5.92 Å². The van der Waals surface area contributed by atoms with Gasteiger partial charge in [-0.1, -0.05) is 39.0 Å². The maximum atomic E-state index is 11.0. The third kappa shape index (κ3) is 3.16. The van der Waals surface area contributed by atoms with Gasteiger partial charge in [-0.25, -0.2) is 9.19 Å². The van der Waals surface area contributed by atoms with Crippen molar-refractivity contribution < 1.29 is 8.76 Å². The van der Waals surface area contributed by atoms with Gasteiger partial charge >= 0.3 is 0 Å². The molecule has 1 aromatic rings. The Labute approximate surface area is 105 Å². The first-order valence-electron chi connectivity index (χ1n) is 6.39. The van der Waals surface area contributed by atoms with Crippen molar-refractivity contribution in [3.63, 3.8) is 0 Å². The van der Waals surface area contributed by atoms with Crippen molar-refractivity contribution in [2.45, 2.75) is 57.0 Å². The summed E-state index contributed by atoms with van der Waals surface area (Å²) >= 11 is -1.99. The molecule has 1 heterocycles. The minimum atomic E-state index is -1.99. The van der Waals surface area contributed by atoms with Crippen LogP contribution >= 0.6 is 0 Å². The normalized spacial score (nSPS) is 19.4. The van der Waals surface area contributed by atoms with E-state index in [9.17, 15) is 4.21 Å². The fourth-order valence-electron chi connectivity index (χ4n) is 2.64. The molecule has 0 amide bonds. The third-order valence-corrected chi connectivity index (χ3v) is 4.08. The molecule has 0 spiro atoms. The largest absolute Gasteiger partial charge is 0.333 e. The predicted octanol–water partition coefficient (Wildman–Crippen LogP) is 2.68. The van der Waals surface area contributed by atoms with E-state index in [0.717, 1.165) is 30.1 Å². The smallest absolute Gasteiger partial charge is 0.225 e. The molecule has 1 aliphatic carbocycles. The average Bonchev–Trinajstić information content (AvgIpc) is 2.74. The highest BCUT2D eigenvalue weighted by atomic mass is 32.2. The standard InChI is InChI=1S/C12H20N2O2S/c1-2-10-11(14-12(13-10)17(15)16)8-9-6-4-3-5-7-9/h9H,2-8H2,1H3,(H,13,14)(H,15,16). The zero-order valence-electron chi connectivity index (χ0n) is 10.2. The summed E-state index contributed by atoms with van der Waals surface area (Å²) in [6, 6.07) is 0. The maximum absolute atomic E-state index is 11.0. The van der Waals surface area contributed by atoms with E-state index in [4.69, 9.17) is 4.55 Å². The number of rotatable bonds is 4. The van der Waals surface area contributed by atoms with Gasteiger partial charge in [-0.2, -0.15) is 0 Å². The summed E-state index contributed by atoms with van der Waals surface area (Å²) in [6.45, 7) is 2.03. The molecule has 96 valence electrons. The van der Waals surface area contributed by atoms with Crippen LogP contribution in [0.25, 0.3) is 0 Å². The van der Waals surface area contributed by atoms with Crippen LogP contribution in [0.3, 0.4) is 0 Å². The van der Waals surface area contributed by atoms with E-state index in [1.807, 2.05) is 6.92 Å². The average molecular weight is 256 g/mol. The molecule has 2 N–H and O–H groups in total. The first kappa shape index (κ1) is 12.8. The lowest BCUT2D eigenvalue weighted by Gasteiger charge is -2.21. The van der Waals surface area contributed by atoms with Crippen molar-refractivity contribution in [3.05, 3.63) is 11.4 Å². The number of hydrogen-bond acceptors (Lipinski definition) is 2. The van der Waals surface area contributed by atoms with Gasteiger partial charge in [-0.05, 0) is 18.8 Å². The topological polar surface area (TPSA) is 66.0 Å². The van der Waals surface area contributed by atoms with Crippen LogP contribution in [0, 0.1) is 5.92 Å². The van der Waals surface area contributed by atoms with Gasteiger partial charge in [0.25, 0.3) is 0 Å². The van der Waals surface area contributed by atoms with Crippen molar-refractivity contribution in [1.82, 2.24) is 9.97 Å². The van der Waals surface area contributed by atoms with Crippen LogP contribution in [0.1, 0.15) is 50.4 Å². The van der Waals surface area contributed by atoms with Gasteiger partial charge in [0.2, 0.25) is 16.2 Å². The number of hydrogen-bond donors (Lipinski definition) is 2. The van der Waals surface area contributed by atoms with Gasteiger partial charge < -0.3 is 4.98 Å². The van der Waals surface area contributed by atoms with E-state index in [1.54, 1.807) is 0 Å². The summed E-state index contributed by atoms with van der Waals surface area (Å²) in [5.41, 5.74) is 2.02. The summed E-state index contributed by atoms with van der Waals surface area (Å²) in [5.74, 6) is 0.717. The Morgan fingerprint density at radius 3 is 2.71 bits per heavy atom. The molecule has 0 aromatic carbocycles. The Morgan fingerprint density at radius 1 is 1.41 bits per heavy atom. The Morgan fingerprint density at radius 2 is 2.12 bits per heavy atom. The lowest BCUT2D eigenvalue weighted by molar-refractivity contribution is 0.353. The van der Waals surface area contributed by atoms with Gasteiger partial charge in [0.1, 0.15) is 0 Å². The second-order valence-electron chi connectivity index (χ2n) is 4.78. The van der Waals surface area contributed by atoms with Crippen LogP contribution < -0.4 is 0 Å². The van der Waals surface area contributed by atoms with E-state index < -0.39 is 11.1 Å². The number of aromatic amines is 1. The summed E-state index contributed by atoms with van der Waals surface area (Å²) in [4.78, 5) is 7.21. The molecular formula is C12H20N2O2S. The molecule has 1 saturated carbocycles. The zero-order valence-corrected chi connectivity index (χ0v) is 11.1. The molecule has 2 rings (SSSR count). The maximum Gasteiger partial charge on any atom is 0.225 e. The molecule has 1 atom stereocenters. The van der Waals surface area contributed by atoms with E-state index in [1.165, 1.54) is 32.1 Å². The van der Waals surface area contributed by atoms with Gasteiger partial charge in [-0.15, -0.1) is 0 Å². The molecule has 1 aromatic heterocycles.